The van der Waals surface area contributed by atoms with E-state index in [1.807, 2.05) is 32.9 Å². The third kappa shape index (κ3) is 2.98. The maximum Gasteiger partial charge on any atom is 0.149 e. The quantitative estimate of drug-likeness (QED) is 0.936. The number of aryl methyl sites for hydroxylation is 1. The van der Waals surface area contributed by atoms with Crippen LogP contribution in [0.25, 0.3) is 11.3 Å². The molecule has 1 aromatic carbocycles. The molecule has 0 fully saturated rings. The molecule has 23 heavy (non-hydrogen) atoms. The van der Waals surface area contributed by atoms with Gasteiger partial charge in [0, 0.05) is 17.5 Å². The van der Waals surface area contributed by atoms with Crippen LogP contribution in [0.15, 0.2) is 30.5 Å². The molecule has 2 aromatic rings. The van der Waals surface area contributed by atoms with Crippen LogP contribution in [0.4, 0.5) is 5.82 Å². The third-order valence-electron chi connectivity index (χ3n) is 4.29. The van der Waals surface area contributed by atoms with Gasteiger partial charge in [-0.2, -0.15) is 0 Å². The largest absolute Gasteiger partial charge is 0.367 e. The molecular weight excluding hydrogens is 286 g/mol. The SMILES string of the molecule is CCc1cccc(-c2cnc3c(n2)C(C(=O)C(C)(C)C)CN3)c1. The molecule has 120 valence electrons. The van der Waals surface area contributed by atoms with Gasteiger partial charge in [0.2, 0.25) is 0 Å². The van der Waals surface area contributed by atoms with Crippen LogP contribution in [0.1, 0.15) is 44.9 Å². The zero-order valence-corrected chi connectivity index (χ0v) is 14.2. The van der Waals surface area contributed by atoms with Crippen molar-refractivity contribution in [2.24, 2.45) is 5.41 Å². The Balaban J connectivity index is 2.00. The molecule has 1 aromatic heterocycles. The van der Waals surface area contributed by atoms with Crippen molar-refractivity contribution in [2.75, 3.05) is 11.9 Å². The van der Waals surface area contributed by atoms with Crippen molar-refractivity contribution in [3.8, 4) is 11.3 Å². The number of nitrogens with zero attached hydrogens (tertiary/aromatic N) is 2. The summed E-state index contributed by atoms with van der Waals surface area (Å²) in [6.45, 7) is 8.58. The lowest BCUT2D eigenvalue weighted by molar-refractivity contribution is -0.127. The topological polar surface area (TPSA) is 54.9 Å². The van der Waals surface area contributed by atoms with E-state index in [0.29, 0.717) is 6.54 Å². The van der Waals surface area contributed by atoms with Gasteiger partial charge in [0.1, 0.15) is 11.6 Å². The number of aromatic nitrogens is 2. The molecule has 3 rings (SSSR count). The molecule has 0 amide bonds. The zero-order chi connectivity index (χ0) is 16.6. The second kappa shape index (κ2) is 5.76. The van der Waals surface area contributed by atoms with Gasteiger partial charge in [-0.25, -0.2) is 9.97 Å². The van der Waals surface area contributed by atoms with Crippen molar-refractivity contribution in [3.63, 3.8) is 0 Å². The van der Waals surface area contributed by atoms with Crippen LogP contribution in [0.3, 0.4) is 0 Å². The Morgan fingerprint density at radius 1 is 1.35 bits per heavy atom. The predicted molar refractivity (Wildman–Crippen MR) is 92.5 cm³/mol. The number of ketones is 1. The number of anilines is 1. The molecule has 1 atom stereocenters. The standard InChI is InChI=1S/C19H23N3O/c1-5-12-7-6-8-13(9-12)15-11-21-18-16(22-15)14(10-20-18)17(23)19(2,3)4/h6-9,11,14H,5,10H2,1-4H3,(H,20,21). The highest BCUT2D eigenvalue weighted by Crippen LogP contribution is 2.35. The second-order valence-corrected chi connectivity index (χ2v) is 7.09. The van der Waals surface area contributed by atoms with E-state index >= 15 is 0 Å². The molecular formula is C19H23N3O. The summed E-state index contributed by atoms with van der Waals surface area (Å²) in [5.41, 5.74) is 3.55. The Labute approximate surface area is 137 Å². The molecule has 0 saturated heterocycles. The average Bonchev–Trinajstić information content (AvgIpc) is 2.96. The lowest BCUT2D eigenvalue weighted by Gasteiger charge is -2.20. The first-order chi connectivity index (χ1) is 10.9. The molecule has 0 aliphatic carbocycles. The van der Waals surface area contributed by atoms with E-state index in [1.54, 1.807) is 6.20 Å². The molecule has 0 saturated carbocycles. The van der Waals surface area contributed by atoms with E-state index in [9.17, 15) is 4.79 Å². The van der Waals surface area contributed by atoms with Gasteiger partial charge in [-0.15, -0.1) is 0 Å². The minimum Gasteiger partial charge on any atom is -0.367 e. The minimum atomic E-state index is -0.381. The van der Waals surface area contributed by atoms with Gasteiger partial charge >= 0.3 is 0 Å². The van der Waals surface area contributed by atoms with Crippen molar-refractivity contribution in [3.05, 3.63) is 41.7 Å². The Hall–Kier alpha value is -2.23. The maximum absolute atomic E-state index is 12.7. The van der Waals surface area contributed by atoms with Gasteiger partial charge in [-0.3, -0.25) is 4.79 Å². The lowest BCUT2D eigenvalue weighted by atomic mass is 9.82. The van der Waals surface area contributed by atoms with E-state index in [0.717, 1.165) is 29.2 Å². The maximum atomic E-state index is 12.7. The predicted octanol–water partition coefficient (Wildman–Crippen LogP) is 3.83. The van der Waals surface area contributed by atoms with Crippen LogP contribution >= 0.6 is 0 Å². The summed E-state index contributed by atoms with van der Waals surface area (Å²) in [7, 11) is 0. The number of nitrogens with one attached hydrogen (secondary N) is 1. The Morgan fingerprint density at radius 2 is 2.13 bits per heavy atom. The Kier molecular flexibility index (Phi) is 3.92. The van der Waals surface area contributed by atoms with Gasteiger partial charge in [0.25, 0.3) is 0 Å². The van der Waals surface area contributed by atoms with Crippen LogP contribution in [-0.4, -0.2) is 22.3 Å². The summed E-state index contributed by atoms with van der Waals surface area (Å²) in [6.07, 6.45) is 2.77. The summed E-state index contributed by atoms with van der Waals surface area (Å²) in [6, 6.07) is 8.33. The molecule has 4 nitrogen and oxygen atoms in total. The molecule has 1 unspecified atom stereocenters. The van der Waals surface area contributed by atoms with Crippen molar-refractivity contribution < 1.29 is 4.79 Å². The highest BCUT2D eigenvalue weighted by Gasteiger charge is 2.37. The van der Waals surface area contributed by atoms with E-state index in [-0.39, 0.29) is 17.1 Å². The number of hydrogen-bond donors (Lipinski definition) is 1. The number of benzene rings is 1. The lowest BCUT2D eigenvalue weighted by Crippen LogP contribution is -2.28. The van der Waals surface area contributed by atoms with Gasteiger partial charge < -0.3 is 5.32 Å². The zero-order valence-electron chi connectivity index (χ0n) is 14.2. The smallest absolute Gasteiger partial charge is 0.149 e. The monoisotopic (exact) mass is 309 g/mol. The summed E-state index contributed by atoms with van der Waals surface area (Å²) >= 11 is 0. The third-order valence-corrected chi connectivity index (χ3v) is 4.29. The average molecular weight is 309 g/mol. The first kappa shape index (κ1) is 15.7. The number of carbonyl (C=O) groups excluding carboxylic acids is 1. The molecule has 1 N–H and O–H groups in total. The highest BCUT2D eigenvalue weighted by molar-refractivity contribution is 5.92. The molecule has 1 aliphatic heterocycles. The number of fused-ring (bicyclic) bond motifs is 1. The van der Waals surface area contributed by atoms with Gasteiger partial charge in [-0.05, 0) is 18.1 Å². The molecule has 4 heteroatoms. The van der Waals surface area contributed by atoms with E-state index < -0.39 is 0 Å². The van der Waals surface area contributed by atoms with Crippen molar-refractivity contribution in [1.82, 2.24) is 9.97 Å². The summed E-state index contributed by atoms with van der Waals surface area (Å²) in [5.74, 6) is 0.729. The second-order valence-electron chi connectivity index (χ2n) is 7.09. The molecule has 0 bridgehead atoms. The molecule has 2 heterocycles. The number of carbonyl (C=O) groups is 1. The fourth-order valence-corrected chi connectivity index (χ4v) is 2.91. The minimum absolute atomic E-state index is 0.206. The Bertz CT molecular complexity index is 747. The normalized spacial score (nSPS) is 16.8. The Morgan fingerprint density at radius 3 is 2.83 bits per heavy atom. The fraction of sp³-hybridized carbons (Fsp3) is 0.421. The number of hydrogen-bond acceptors (Lipinski definition) is 4. The van der Waals surface area contributed by atoms with Crippen LogP contribution in [0, 0.1) is 5.41 Å². The van der Waals surface area contributed by atoms with E-state index in [4.69, 9.17) is 4.98 Å². The first-order valence-electron chi connectivity index (χ1n) is 8.14. The highest BCUT2D eigenvalue weighted by atomic mass is 16.1. The van der Waals surface area contributed by atoms with Crippen molar-refractivity contribution in [1.29, 1.82) is 0 Å². The van der Waals surface area contributed by atoms with E-state index in [1.165, 1.54) is 5.56 Å². The van der Waals surface area contributed by atoms with E-state index in [2.05, 4.69) is 29.4 Å². The van der Waals surface area contributed by atoms with Gasteiger partial charge in [0.05, 0.1) is 23.5 Å². The molecule has 1 aliphatic rings. The van der Waals surface area contributed by atoms with Gasteiger partial charge in [0.15, 0.2) is 0 Å². The molecule has 0 radical (unpaired) electrons. The van der Waals surface area contributed by atoms with Gasteiger partial charge in [-0.1, -0.05) is 45.9 Å². The van der Waals surface area contributed by atoms with Crippen molar-refractivity contribution >= 4 is 11.6 Å². The van der Waals surface area contributed by atoms with Crippen LogP contribution in [-0.2, 0) is 11.2 Å². The summed E-state index contributed by atoms with van der Waals surface area (Å²) < 4.78 is 0. The summed E-state index contributed by atoms with van der Waals surface area (Å²) in [4.78, 5) is 21.9. The number of rotatable bonds is 3. The van der Waals surface area contributed by atoms with Crippen molar-refractivity contribution in [2.45, 2.75) is 40.0 Å². The fourth-order valence-electron chi connectivity index (χ4n) is 2.91. The molecule has 0 spiro atoms. The van der Waals surface area contributed by atoms with Crippen LogP contribution in [0.5, 0.6) is 0 Å². The van der Waals surface area contributed by atoms with Crippen LogP contribution < -0.4 is 5.32 Å². The first-order valence-corrected chi connectivity index (χ1v) is 8.14. The summed E-state index contributed by atoms with van der Waals surface area (Å²) in [5, 5.41) is 3.21. The van der Waals surface area contributed by atoms with Crippen LogP contribution in [0.2, 0.25) is 0 Å². The number of Topliss-reactive ketones (excluding diaryl/α,β-unsaturated/α-hetero) is 1.